The van der Waals surface area contributed by atoms with Crippen LogP contribution in [0.15, 0.2) is 30.7 Å². The second kappa shape index (κ2) is 6.74. The first-order valence-electron chi connectivity index (χ1n) is 10.1. The maximum absolute atomic E-state index is 13.2. The lowest BCUT2D eigenvalue weighted by molar-refractivity contribution is 0.0708. The Bertz CT molecular complexity index is 1030. The first-order valence-corrected chi connectivity index (χ1v) is 10.1. The van der Waals surface area contributed by atoms with E-state index in [1.165, 1.54) is 11.4 Å². The normalized spacial score (nSPS) is 18.6. The standard InChI is InChI=1S/C21H26N6O/c1-15-23-20(16-5-8-24(2)9-6-16)18-14-26(11-12-27(15)18)21(28)17-3-4-19-22-7-10-25(19)13-17/h3-4,7,10,13,16H,5-6,8-9,11-12,14H2,1-2H3. The van der Waals surface area contributed by atoms with E-state index in [0.717, 1.165) is 50.5 Å². The molecule has 3 aromatic rings. The average molecular weight is 378 g/mol. The summed E-state index contributed by atoms with van der Waals surface area (Å²) in [5.41, 5.74) is 4.01. The molecule has 2 aliphatic rings. The number of hydrogen-bond acceptors (Lipinski definition) is 4. The Kier molecular flexibility index (Phi) is 4.19. The van der Waals surface area contributed by atoms with Crippen molar-refractivity contribution in [3.8, 4) is 0 Å². The molecule has 146 valence electrons. The largest absolute Gasteiger partial charge is 0.331 e. The third-order valence-corrected chi connectivity index (χ3v) is 6.26. The molecule has 5 heterocycles. The van der Waals surface area contributed by atoms with Crippen LogP contribution >= 0.6 is 0 Å². The van der Waals surface area contributed by atoms with Crippen LogP contribution in [-0.4, -0.2) is 61.3 Å². The number of nitrogens with zero attached hydrogens (tertiary/aromatic N) is 6. The zero-order valence-electron chi connectivity index (χ0n) is 16.5. The molecule has 1 fully saturated rings. The van der Waals surface area contributed by atoms with Gasteiger partial charge in [0, 0.05) is 37.6 Å². The highest BCUT2D eigenvalue weighted by Crippen LogP contribution is 2.32. The van der Waals surface area contributed by atoms with Gasteiger partial charge >= 0.3 is 0 Å². The number of aryl methyl sites for hydroxylation is 1. The van der Waals surface area contributed by atoms with Crippen LogP contribution in [0.1, 0.15) is 46.3 Å². The van der Waals surface area contributed by atoms with Crippen molar-refractivity contribution in [2.24, 2.45) is 0 Å². The number of imidazole rings is 2. The first-order chi connectivity index (χ1) is 13.6. The topological polar surface area (TPSA) is 58.7 Å². The second-order valence-corrected chi connectivity index (χ2v) is 8.06. The zero-order chi connectivity index (χ0) is 19.3. The molecule has 0 spiro atoms. The highest BCUT2D eigenvalue weighted by molar-refractivity contribution is 5.94. The van der Waals surface area contributed by atoms with Crippen LogP contribution in [0.2, 0.25) is 0 Å². The number of carbonyl (C=O) groups excluding carboxylic acids is 1. The van der Waals surface area contributed by atoms with Crippen molar-refractivity contribution in [2.45, 2.75) is 38.8 Å². The number of piperidine rings is 1. The molecule has 0 radical (unpaired) electrons. The van der Waals surface area contributed by atoms with Gasteiger partial charge in [-0.25, -0.2) is 9.97 Å². The molecule has 2 aliphatic heterocycles. The summed E-state index contributed by atoms with van der Waals surface area (Å²) in [5, 5.41) is 0. The molecule has 1 amide bonds. The van der Waals surface area contributed by atoms with Crippen molar-refractivity contribution < 1.29 is 4.79 Å². The predicted octanol–water partition coefficient (Wildman–Crippen LogP) is 2.30. The smallest absolute Gasteiger partial charge is 0.255 e. The van der Waals surface area contributed by atoms with Crippen LogP contribution in [0.25, 0.3) is 5.65 Å². The number of fused-ring (bicyclic) bond motifs is 2. The number of amides is 1. The van der Waals surface area contributed by atoms with Crippen LogP contribution in [0.3, 0.4) is 0 Å². The third kappa shape index (κ3) is 2.90. The van der Waals surface area contributed by atoms with Crippen LogP contribution < -0.4 is 0 Å². The summed E-state index contributed by atoms with van der Waals surface area (Å²) >= 11 is 0. The van der Waals surface area contributed by atoms with Crippen molar-refractivity contribution in [1.29, 1.82) is 0 Å². The number of rotatable bonds is 2. The molecule has 0 aliphatic carbocycles. The van der Waals surface area contributed by atoms with Crippen molar-refractivity contribution in [3.63, 3.8) is 0 Å². The van der Waals surface area contributed by atoms with Crippen molar-refractivity contribution >= 4 is 11.6 Å². The van der Waals surface area contributed by atoms with E-state index in [1.807, 2.05) is 33.8 Å². The molecule has 0 bridgehead atoms. The van der Waals surface area contributed by atoms with E-state index < -0.39 is 0 Å². The monoisotopic (exact) mass is 378 g/mol. The summed E-state index contributed by atoms with van der Waals surface area (Å²) in [4.78, 5) is 26.7. The van der Waals surface area contributed by atoms with Gasteiger partial charge in [0.25, 0.3) is 5.91 Å². The number of carbonyl (C=O) groups is 1. The van der Waals surface area contributed by atoms with Gasteiger partial charge in [-0.15, -0.1) is 0 Å². The van der Waals surface area contributed by atoms with E-state index in [4.69, 9.17) is 4.98 Å². The Morgan fingerprint density at radius 3 is 2.79 bits per heavy atom. The van der Waals surface area contributed by atoms with Gasteiger partial charge in [-0.3, -0.25) is 4.79 Å². The number of aromatic nitrogens is 4. The Balaban J connectivity index is 1.41. The average Bonchev–Trinajstić information content (AvgIpc) is 3.31. The minimum Gasteiger partial charge on any atom is -0.331 e. The minimum absolute atomic E-state index is 0.0787. The van der Waals surface area contributed by atoms with Crippen LogP contribution in [0.5, 0.6) is 0 Å². The molecule has 7 nitrogen and oxygen atoms in total. The maximum Gasteiger partial charge on any atom is 0.255 e. The minimum atomic E-state index is 0.0787. The van der Waals surface area contributed by atoms with Crippen LogP contribution in [0.4, 0.5) is 0 Å². The van der Waals surface area contributed by atoms with Crippen molar-refractivity contribution in [2.75, 3.05) is 26.7 Å². The van der Waals surface area contributed by atoms with E-state index in [-0.39, 0.29) is 5.91 Å². The molecular weight excluding hydrogens is 352 g/mol. The van der Waals surface area contributed by atoms with E-state index >= 15 is 0 Å². The molecule has 0 N–H and O–H groups in total. The summed E-state index contributed by atoms with van der Waals surface area (Å²) < 4.78 is 4.21. The van der Waals surface area contributed by atoms with Gasteiger partial charge in [-0.1, -0.05) is 0 Å². The molecule has 0 unspecified atom stereocenters. The summed E-state index contributed by atoms with van der Waals surface area (Å²) in [6.45, 7) is 6.50. The highest BCUT2D eigenvalue weighted by atomic mass is 16.2. The van der Waals surface area contributed by atoms with Gasteiger partial charge in [-0.05, 0) is 52.0 Å². The molecule has 28 heavy (non-hydrogen) atoms. The van der Waals surface area contributed by atoms with Gasteiger partial charge in [0.15, 0.2) is 0 Å². The quantitative estimate of drug-likeness (QED) is 0.687. The third-order valence-electron chi connectivity index (χ3n) is 6.26. The van der Waals surface area contributed by atoms with Crippen molar-refractivity contribution in [1.82, 2.24) is 28.7 Å². The lowest BCUT2D eigenvalue weighted by Gasteiger charge is -2.32. The number of hydrogen-bond donors (Lipinski definition) is 0. The molecule has 1 saturated heterocycles. The summed E-state index contributed by atoms with van der Waals surface area (Å²) in [7, 11) is 2.18. The number of likely N-dealkylation sites (tertiary alicyclic amines) is 1. The summed E-state index contributed by atoms with van der Waals surface area (Å²) in [6.07, 6.45) is 7.79. The Morgan fingerprint density at radius 2 is 1.96 bits per heavy atom. The lowest BCUT2D eigenvalue weighted by Crippen LogP contribution is -2.39. The van der Waals surface area contributed by atoms with E-state index in [0.29, 0.717) is 18.0 Å². The fourth-order valence-corrected chi connectivity index (χ4v) is 4.59. The second-order valence-electron chi connectivity index (χ2n) is 8.06. The molecule has 0 aromatic carbocycles. The van der Waals surface area contributed by atoms with Crippen molar-refractivity contribution in [3.05, 3.63) is 53.5 Å². The molecule has 7 heteroatoms. The zero-order valence-corrected chi connectivity index (χ0v) is 16.5. The van der Waals surface area contributed by atoms with E-state index in [9.17, 15) is 4.79 Å². The van der Waals surface area contributed by atoms with E-state index in [1.54, 1.807) is 6.20 Å². The van der Waals surface area contributed by atoms with Gasteiger partial charge in [0.1, 0.15) is 11.5 Å². The Hall–Kier alpha value is -2.67. The predicted molar refractivity (Wildman–Crippen MR) is 106 cm³/mol. The van der Waals surface area contributed by atoms with Crippen LogP contribution in [-0.2, 0) is 13.1 Å². The first kappa shape index (κ1) is 17.4. The molecule has 0 saturated carbocycles. The molecular formula is C21H26N6O. The van der Waals surface area contributed by atoms with Gasteiger partial charge in [0.05, 0.1) is 23.5 Å². The van der Waals surface area contributed by atoms with E-state index in [2.05, 4.69) is 28.4 Å². The molecule has 5 rings (SSSR count). The molecule has 0 atom stereocenters. The summed E-state index contributed by atoms with van der Waals surface area (Å²) in [6, 6.07) is 3.77. The molecule has 3 aromatic heterocycles. The van der Waals surface area contributed by atoms with Crippen LogP contribution in [0, 0.1) is 6.92 Å². The highest BCUT2D eigenvalue weighted by Gasteiger charge is 2.30. The lowest BCUT2D eigenvalue weighted by atomic mass is 9.92. The Morgan fingerprint density at radius 1 is 1.14 bits per heavy atom. The van der Waals surface area contributed by atoms with Gasteiger partial charge < -0.3 is 18.8 Å². The SMILES string of the molecule is Cc1nc(C2CCN(C)CC2)c2n1CCN(C(=O)c1ccc3nccn3c1)C2. The Labute approximate surface area is 164 Å². The maximum atomic E-state index is 13.2. The summed E-state index contributed by atoms with van der Waals surface area (Å²) in [5.74, 6) is 1.66. The van der Waals surface area contributed by atoms with Gasteiger partial charge in [0.2, 0.25) is 0 Å². The number of pyridine rings is 1. The fraction of sp³-hybridized carbons (Fsp3) is 0.476. The fourth-order valence-electron chi connectivity index (χ4n) is 4.59. The van der Waals surface area contributed by atoms with Gasteiger partial charge in [-0.2, -0.15) is 0 Å².